The van der Waals surface area contributed by atoms with Gasteiger partial charge in [-0.1, -0.05) is 54.6 Å². The number of nitrogens with zero attached hydrogens (tertiary/aromatic N) is 3. The summed E-state index contributed by atoms with van der Waals surface area (Å²) in [6.07, 6.45) is 2.48. The van der Waals surface area contributed by atoms with E-state index in [0.29, 0.717) is 17.5 Å². The number of aromatic nitrogens is 3. The molecule has 3 aromatic rings. The zero-order valence-corrected chi connectivity index (χ0v) is 19.9. The molecule has 32 heavy (non-hydrogen) atoms. The maximum atomic E-state index is 12.5. The summed E-state index contributed by atoms with van der Waals surface area (Å²) in [6.45, 7) is 12.5. The first kappa shape index (κ1) is 23.6. The molecular weight excluding hydrogens is 420 g/mol. The maximum absolute atomic E-state index is 12.5. The van der Waals surface area contributed by atoms with Crippen LogP contribution >= 0.6 is 11.8 Å². The van der Waals surface area contributed by atoms with Crippen LogP contribution in [0.2, 0.25) is 0 Å². The molecule has 0 aliphatic heterocycles. The van der Waals surface area contributed by atoms with Gasteiger partial charge in [-0.05, 0) is 56.5 Å². The minimum atomic E-state index is -0.298. The predicted octanol–water partition coefficient (Wildman–Crippen LogP) is 5.51. The van der Waals surface area contributed by atoms with E-state index in [-0.39, 0.29) is 17.8 Å². The lowest BCUT2D eigenvalue weighted by Crippen LogP contribution is -2.16. The van der Waals surface area contributed by atoms with Crippen molar-refractivity contribution in [1.82, 2.24) is 14.8 Å². The highest BCUT2D eigenvalue weighted by Crippen LogP contribution is 2.25. The third-order valence-electron chi connectivity index (χ3n) is 5.05. The fourth-order valence-corrected chi connectivity index (χ4v) is 4.09. The number of aryl methyl sites for hydroxylation is 3. The number of amides is 1. The van der Waals surface area contributed by atoms with Crippen LogP contribution in [-0.2, 0) is 17.8 Å². The third kappa shape index (κ3) is 6.01. The summed E-state index contributed by atoms with van der Waals surface area (Å²) >= 11 is 1.35. The third-order valence-corrected chi connectivity index (χ3v) is 6.02. The molecule has 0 aliphatic carbocycles. The molecule has 1 amide bonds. The first-order valence-electron chi connectivity index (χ1n) is 10.7. The van der Waals surface area contributed by atoms with Crippen LogP contribution in [0.15, 0.2) is 60.3 Å². The van der Waals surface area contributed by atoms with Crippen molar-refractivity contribution >= 4 is 23.4 Å². The molecule has 0 spiro atoms. The van der Waals surface area contributed by atoms with Gasteiger partial charge in [0.1, 0.15) is 5.75 Å². The number of carbonyl (C=O) groups is 1. The second kappa shape index (κ2) is 11.0. The van der Waals surface area contributed by atoms with Crippen LogP contribution in [-0.4, -0.2) is 26.4 Å². The maximum Gasteiger partial charge on any atom is 0.234 e. The van der Waals surface area contributed by atoms with Gasteiger partial charge in [-0.25, -0.2) is 0 Å². The number of nitrogens with one attached hydrogen (secondary N) is 1. The standard InChI is InChI=1S/C25H30N4O2S/c1-6-14-29-24(19(5)31-21-11-9-20(7-2)10-12-21)27-28-25(29)32-16-23(30)26-22-13-8-17(3)15-18(22)4/h6,8-13,15,19H,1,7,14,16H2,2-5H3,(H,26,30). The molecule has 3 rings (SSSR count). The molecule has 6 nitrogen and oxygen atoms in total. The highest BCUT2D eigenvalue weighted by molar-refractivity contribution is 7.99. The van der Waals surface area contributed by atoms with Crippen LogP contribution in [0.1, 0.15) is 42.5 Å². The van der Waals surface area contributed by atoms with Crippen molar-refractivity contribution in [3.8, 4) is 5.75 Å². The van der Waals surface area contributed by atoms with Crippen molar-refractivity contribution in [3.63, 3.8) is 0 Å². The first-order valence-corrected chi connectivity index (χ1v) is 11.7. The first-order chi connectivity index (χ1) is 15.4. The summed E-state index contributed by atoms with van der Waals surface area (Å²) < 4.78 is 8.02. The van der Waals surface area contributed by atoms with Crippen LogP contribution in [0.25, 0.3) is 0 Å². The van der Waals surface area contributed by atoms with E-state index >= 15 is 0 Å². The van der Waals surface area contributed by atoms with E-state index in [1.165, 1.54) is 17.3 Å². The molecule has 2 aromatic carbocycles. The molecule has 0 radical (unpaired) electrons. The fraction of sp³-hybridized carbons (Fsp3) is 0.320. The van der Waals surface area contributed by atoms with Crippen LogP contribution in [0.4, 0.5) is 5.69 Å². The summed E-state index contributed by atoms with van der Waals surface area (Å²) in [7, 11) is 0. The molecule has 7 heteroatoms. The Labute approximate surface area is 194 Å². The Balaban J connectivity index is 1.66. The normalized spacial score (nSPS) is 11.8. The summed E-state index contributed by atoms with van der Waals surface area (Å²) in [4.78, 5) is 12.5. The zero-order chi connectivity index (χ0) is 23.1. The Morgan fingerprint density at radius 3 is 2.62 bits per heavy atom. The van der Waals surface area contributed by atoms with E-state index in [4.69, 9.17) is 4.74 Å². The van der Waals surface area contributed by atoms with E-state index in [9.17, 15) is 4.79 Å². The second-order valence-electron chi connectivity index (χ2n) is 7.65. The molecule has 168 valence electrons. The van der Waals surface area contributed by atoms with Gasteiger partial charge in [0.2, 0.25) is 5.91 Å². The number of carbonyl (C=O) groups excluding carboxylic acids is 1. The quantitative estimate of drug-likeness (QED) is 0.326. The molecule has 1 atom stereocenters. The van der Waals surface area contributed by atoms with Crippen molar-refractivity contribution < 1.29 is 9.53 Å². The number of hydrogen-bond donors (Lipinski definition) is 1. The molecule has 1 unspecified atom stereocenters. The molecule has 1 heterocycles. The van der Waals surface area contributed by atoms with Gasteiger partial charge in [0.15, 0.2) is 17.1 Å². The molecule has 0 saturated heterocycles. The van der Waals surface area contributed by atoms with Gasteiger partial charge in [0.05, 0.1) is 5.75 Å². The largest absolute Gasteiger partial charge is 0.483 e. The van der Waals surface area contributed by atoms with Crippen LogP contribution in [0.3, 0.4) is 0 Å². The van der Waals surface area contributed by atoms with Crippen molar-refractivity contribution in [2.24, 2.45) is 0 Å². The molecule has 0 saturated carbocycles. The number of allylic oxidation sites excluding steroid dienone is 1. The number of rotatable bonds is 10. The van der Waals surface area contributed by atoms with E-state index in [1.807, 2.05) is 55.7 Å². The lowest BCUT2D eigenvalue weighted by molar-refractivity contribution is -0.113. The van der Waals surface area contributed by atoms with Gasteiger partial charge >= 0.3 is 0 Å². The predicted molar refractivity (Wildman–Crippen MR) is 130 cm³/mol. The number of benzene rings is 2. The Morgan fingerprint density at radius 2 is 1.97 bits per heavy atom. The average Bonchev–Trinajstić information content (AvgIpc) is 3.18. The topological polar surface area (TPSA) is 69.0 Å². The number of hydrogen-bond acceptors (Lipinski definition) is 5. The monoisotopic (exact) mass is 450 g/mol. The minimum absolute atomic E-state index is 0.0861. The average molecular weight is 451 g/mol. The molecule has 1 N–H and O–H groups in total. The molecule has 0 aliphatic rings. The number of thioether (sulfide) groups is 1. The SMILES string of the molecule is C=CCn1c(SCC(=O)Nc2ccc(C)cc2C)nnc1C(C)Oc1ccc(CC)cc1. The van der Waals surface area contributed by atoms with E-state index in [1.54, 1.807) is 6.08 Å². The summed E-state index contributed by atoms with van der Waals surface area (Å²) in [6, 6.07) is 14.0. The lowest BCUT2D eigenvalue weighted by atomic mass is 10.1. The number of ether oxygens (including phenoxy) is 1. The van der Waals surface area contributed by atoms with E-state index in [2.05, 4.69) is 41.1 Å². The summed E-state index contributed by atoms with van der Waals surface area (Å²) in [5.41, 5.74) is 4.29. The molecule has 0 bridgehead atoms. The lowest BCUT2D eigenvalue weighted by Gasteiger charge is -2.16. The van der Waals surface area contributed by atoms with Crippen LogP contribution in [0.5, 0.6) is 5.75 Å². The number of anilines is 1. The Bertz CT molecular complexity index is 1080. The Hall–Kier alpha value is -3.06. The van der Waals surface area contributed by atoms with Gasteiger partial charge in [0.25, 0.3) is 0 Å². The smallest absolute Gasteiger partial charge is 0.234 e. The van der Waals surface area contributed by atoms with E-state index in [0.717, 1.165) is 29.0 Å². The summed E-state index contributed by atoms with van der Waals surface area (Å²) in [5.74, 6) is 1.62. The van der Waals surface area contributed by atoms with Gasteiger partial charge in [-0.2, -0.15) is 0 Å². The zero-order valence-electron chi connectivity index (χ0n) is 19.1. The Kier molecular flexibility index (Phi) is 8.11. The van der Waals surface area contributed by atoms with Crippen molar-refractivity contribution in [2.45, 2.75) is 51.9 Å². The highest BCUT2D eigenvalue weighted by Gasteiger charge is 2.20. The Morgan fingerprint density at radius 1 is 1.22 bits per heavy atom. The molecular formula is C25H30N4O2S. The van der Waals surface area contributed by atoms with Crippen molar-refractivity contribution in [2.75, 3.05) is 11.1 Å². The molecule has 1 aromatic heterocycles. The van der Waals surface area contributed by atoms with Gasteiger partial charge in [-0.3, -0.25) is 9.36 Å². The van der Waals surface area contributed by atoms with Gasteiger partial charge < -0.3 is 10.1 Å². The fourth-order valence-electron chi connectivity index (χ4n) is 3.34. The second-order valence-corrected chi connectivity index (χ2v) is 8.60. The van der Waals surface area contributed by atoms with Crippen LogP contribution in [0, 0.1) is 13.8 Å². The highest BCUT2D eigenvalue weighted by atomic mass is 32.2. The summed E-state index contributed by atoms with van der Waals surface area (Å²) in [5, 5.41) is 12.3. The van der Waals surface area contributed by atoms with E-state index < -0.39 is 0 Å². The molecule has 0 fully saturated rings. The van der Waals surface area contributed by atoms with Gasteiger partial charge in [0, 0.05) is 12.2 Å². The minimum Gasteiger partial charge on any atom is -0.483 e. The van der Waals surface area contributed by atoms with Crippen LogP contribution < -0.4 is 10.1 Å². The van der Waals surface area contributed by atoms with Crippen molar-refractivity contribution in [3.05, 3.63) is 77.6 Å². The van der Waals surface area contributed by atoms with Gasteiger partial charge in [-0.15, -0.1) is 16.8 Å². The van der Waals surface area contributed by atoms with Crippen molar-refractivity contribution in [1.29, 1.82) is 0 Å².